The summed E-state index contributed by atoms with van der Waals surface area (Å²) < 4.78 is 16.8. The SMILES string of the molecule is C=O.CC(C#N)CCC(C)OCCCOC1CCCCO1. The van der Waals surface area contributed by atoms with E-state index in [9.17, 15) is 0 Å². The van der Waals surface area contributed by atoms with E-state index in [2.05, 4.69) is 13.0 Å². The van der Waals surface area contributed by atoms with Crippen LogP contribution in [-0.4, -0.2) is 39.0 Å². The molecule has 3 unspecified atom stereocenters. The lowest BCUT2D eigenvalue weighted by Crippen LogP contribution is -2.23. The normalized spacial score (nSPS) is 20.7. The molecule has 0 saturated carbocycles. The van der Waals surface area contributed by atoms with E-state index in [0.29, 0.717) is 6.61 Å². The van der Waals surface area contributed by atoms with Gasteiger partial charge < -0.3 is 19.0 Å². The van der Waals surface area contributed by atoms with Gasteiger partial charge in [-0.05, 0) is 52.4 Å². The van der Waals surface area contributed by atoms with Crippen molar-refractivity contribution in [3.05, 3.63) is 0 Å². The zero-order chi connectivity index (χ0) is 15.9. The predicted molar refractivity (Wildman–Crippen MR) is 80.7 cm³/mol. The van der Waals surface area contributed by atoms with Gasteiger partial charge in [-0.25, -0.2) is 0 Å². The first-order valence-electron chi connectivity index (χ1n) is 7.75. The van der Waals surface area contributed by atoms with Crippen molar-refractivity contribution < 1.29 is 19.0 Å². The van der Waals surface area contributed by atoms with Gasteiger partial charge in [0.25, 0.3) is 0 Å². The Labute approximate surface area is 128 Å². The van der Waals surface area contributed by atoms with Crippen molar-refractivity contribution >= 4 is 6.79 Å². The number of nitriles is 1. The maximum absolute atomic E-state index is 8.70. The molecule has 21 heavy (non-hydrogen) atoms. The molecule has 3 atom stereocenters. The fraction of sp³-hybridized carbons (Fsp3) is 0.875. The van der Waals surface area contributed by atoms with E-state index >= 15 is 0 Å². The Hall–Kier alpha value is -0.960. The summed E-state index contributed by atoms with van der Waals surface area (Å²) in [6, 6.07) is 2.24. The standard InChI is InChI=1S/C15H27NO3.CH2O/c1-13(12-16)7-8-14(2)17-10-5-11-19-15-6-3-4-9-18-15;1-2/h13-15H,3-11H2,1-2H3;1H2. The average Bonchev–Trinajstić information content (AvgIpc) is 2.55. The van der Waals surface area contributed by atoms with Crippen molar-refractivity contribution in [1.82, 2.24) is 0 Å². The topological polar surface area (TPSA) is 68.6 Å². The van der Waals surface area contributed by atoms with Crippen LogP contribution in [-0.2, 0) is 19.0 Å². The monoisotopic (exact) mass is 299 g/mol. The van der Waals surface area contributed by atoms with Crippen molar-refractivity contribution in [2.75, 3.05) is 19.8 Å². The van der Waals surface area contributed by atoms with Gasteiger partial charge in [-0.3, -0.25) is 0 Å². The molecule has 5 nitrogen and oxygen atoms in total. The highest BCUT2D eigenvalue weighted by molar-refractivity contribution is 5.10. The molecule has 0 amide bonds. The molecule has 1 aliphatic heterocycles. The summed E-state index contributed by atoms with van der Waals surface area (Å²) in [7, 11) is 0. The molecule has 1 saturated heterocycles. The smallest absolute Gasteiger partial charge is 0.157 e. The van der Waals surface area contributed by atoms with Crippen LogP contribution < -0.4 is 0 Å². The Morgan fingerprint density at radius 3 is 2.67 bits per heavy atom. The lowest BCUT2D eigenvalue weighted by atomic mass is 10.1. The van der Waals surface area contributed by atoms with Gasteiger partial charge in [0.05, 0.1) is 18.8 Å². The Balaban J connectivity index is 0.00000191. The summed E-state index contributed by atoms with van der Waals surface area (Å²) in [5.74, 6) is 0.123. The van der Waals surface area contributed by atoms with Gasteiger partial charge in [0, 0.05) is 19.1 Å². The Morgan fingerprint density at radius 1 is 1.29 bits per heavy atom. The van der Waals surface area contributed by atoms with E-state index in [-0.39, 0.29) is 18.3 Å². The highest BCUT2D eigenvalue weighted by Crippen LogP contribution is 2.14. The Morgan fingerprint density at radius 2 is 2.05 bits per heavy atom. The van der Waals surface area contributed by atoms with Crippen LogP contribution in [0, 0.1) is 17.2 Å². The number of hydrogen-bond donors (Lipinski definition) is 0. The molecule has 1 heterocycles. The molecule has 0 bridgehead atoms. The minimum atomic E-state index is 0.00246. The molecule has 122 valence electrons. The van der Waals surface area contributed by atoms with Gasteiger partial charge >= 0.3 is 0 Å². The van der Waals surface area contributed by atoms with Crippen molar-refractivity contribution in [3.8, 4) is 6.07 Å². The molecular weight excluding hydrogens is 270 g/mol. The van der Waals surface area contributed by atoms with Gasteiger partial charge in [-0.1, -0.05) is 0 Å². The van der Waals surface area contributed by atoms with Crippen LogP contribution >= 0.6 is 0 Å². The predicted octanol–water partition coefficient (Wildman–Crippen LogP) is 3.08. The molecule has 0 aromatic carbocycles. The van der Waals surface area contributed by atoms with Crippen molar-refractivity contribution in [2.24, 2.45) is 5.92 Å². The second-order valence-corrected chi connectivity index (χ2v) is 5.31. The second-order valence-electron chi connectivity index (χ2n) is 5.31. The molecule has 1 rings (SSSR count). The van der Waals surface area contributed by atoms with Crippen molar-refractivity contribution in [2.45, 2.75) is 64.8 Å². The molecule has 5 heteroatoms. The van der Waals surface area contributed by atoms with Crippen molar-refractivity contribution in [3.63, 3.8) is 0 Å². The minimum Gasteiger partial charge on any atom is -0.378 e. The summed E-state index contributed by atoms with van der Waals surface area (Å²) in [6.45, 7) is 8.26. The van der Waals surface area contributed by atoms with Crippen LogP contribution in [0.3, 0.4) is 0 Å². The zero-order valence-corrected chi connectivity index (χ0v) is 13.4. The number of ether oxygens (including phenoxy) is 3. The highest BCUT2D eigenvalue weighted by Gasteiger charge is 2.13. The Bertz CT molecular complexity index is 274. The highest BCUT2D eigenvalue weighted by atomic mass is 16.7. The van der Waals surface area contributed by atoms with E-state index in [1.807, 2.05) is 13.7 Å². The fourth-order valence-corrected chi connectivity index (χ4v) is 2.03. The van der Waals surface area contributed by atoms with Crippen LogP contribution in [0.5, 0.6) is 0 Å². The van der Waals surface area contributed by atoms with E-state index in [1.54, 1.807) is 0 Å². The fourth-order valence-electron chi connectivity index (χ4n) is 2.03. The molecule has 1 fully saturated rings. The van der Waals surface area contributed by atoms with Gasteiger partial charge in [0.15, 0.2) is 6.29 Å². The van der Waals surface area contributed by atoms with Crippen LogP contribution in [0.2, 0.25) is 0 Å². The lowest BCUT2D eigenvalue weighted by Gasteiger charge is -2.22. The number of carbonyl (C=O) groups excluding carboxylic acids is 1. The van der Waals surface area contributed by atoms with Gasteiger partial charge in [-0.15, -0.1) is 0 Å². The molecular formula is C16H29NO4. The third-order valence-electron chi connectivity index (χ3n) is 3.36. The summed E-state index contributed by atoms with van der Waals surface area (Å²) in [5.41, 5.74) is 0. The number of rotatable bonds is 9. The maximum Gasteiger partial charge on any atom is 0.157 e. The molecule has 0 radical (unpaired) electrons. The average molecular weight is 299 g/mol. The zero-order valence-electron chi connectivity index (χ0n) is 13.4. The lowest BCUT2D eigenvalue weighted by molar-refractivity contribution is -0.164. The summed E-state index contributed by atoms with van der Waals surface area (Å²) in [6.07, 6.45) is 6.35. The number of hydrogen-bond acceptors (Lipinski definition) is 5. The van der Waals surface area contributed by atoms with E-state index in [4.69, 9.17) is 24.3 Å². The van der Waals surface area contributed by atoms with Crippen LogP contribution in [0.1, 0.15) is 52.4 Å². The minimum absolute atomic E-state index is 0.00246. The molecule has 0 N–H and O–H groups in total. The van der Waals surface area contributed by atoms with Crippen molar-refractivity contribution in [1.29, 1.82) is 5.26 Å². The largest absolute Gasteiger partial charge is 0.378 e. The first-order valence-corrected chi connectivity index (χ1v) is 7.75. The van der Waals surface area contributed by atoms with Gasteiger partial charge in [-0.2, -0.15) is 5.26 Å². The molecule has 1 aliphatic rings. The first kappa shape index (κ1) is 20.0. The first-order chi connectivity index (χ1) is 10.2. The third-order valence-corrected chi connectivity index (χ3v) is 3.36. The molecule has 0 aromatic heterocycles. The van der Waals surface area contributed by atoms with Gasteiger partial charge in [0.2, 0.25) is 0 Å². The third kappa shape index (κ3) is 11.4. The summed E-state index contributed by atoms with van der Waals surface area (Å²) in [4.78, 5) is 8.00. The second kappa shape index (κ2) is 14.0. The van der Waals surface area contributed by atoms with E-state index < -0.39 is 0 Å². The molecule has 0 spiro atoms. The quantitative estimate of drug-likeness (QED) is 0.612. The molecule has 0 aromatic rings. The maximum atomic E-state index is 8.70. The van der Waals surface area contributed by atoms with E-state index in [0.717, 1.165) is 45.3 Å². The number of carbonyl (C=O) groups is 1. The Kier molecular flexibility index (Phi) is 13.4. The number of nitrogens with zero attached hydrogens (tertiary/aromatic N) is 1. The molecule has 0 aliphatic carbocycles. The van der Waals surface area contributed by atoms with Crippen LogP contribution in [0.25, 0.3) is 0 Å². The summed E-state index contributed by atoms with van der Waals surface area (Å²) >= 11 is 0. The van der Waals surface area contributed by atoms with Crippen LogP contribution in [0.15, 0.2) is 0 Å². The van der Waals surface area contributed by atoms with E-state index in [1.165, 1.54) is 6.42 Å². The van der Waals surface area contributed by atoms with Gasteiger partial charge in [0.1, 0.15) is 6.79 Å². The van der Waals surface area contributed by atoms with Crippen LogP contribution in [0.4, 0.5) is 0 Å². The summed E-state index contributed by atoms with van der Waals surface area (Å²) in [5, 5.41) is 8.70.